The molecule has 0 spiro atoms. The minimum absolute atomic E-state index is 0.0451. The summed E-state index contributed by atoms with van der Waals surface area (Å²) in [5.74, 6) is 0.855. The van der Waals surface area contributed by atoms with Gasteiger partial charge in [0, 0.05) is 35.7 Å². The number of hydrogen-bond acceptors (Lipinski definition) is 2. The van der Waals surface area contributed by atoms with E-state index >= 15 is 0 Å². The summed E-state index contributed by atoms with van der Waals surface area (Å²) in [6, 6.07) is 20.2. The van der Waals surface area contributed by atoms with Crippen molar-refractivity contribution in [2.24, 2.45) is 0 Å². The third-order valence-corrected chi connectivity index (χ3v) is 5.49. The lowest BCUT2D eigenvalue weighted by atomic mass is 10.0. The summed E-state index contributed by atoms with van der Waals surface area (Å²) in [6.07, 6.45) is 2.12. The summed E-state index contributed by atoms with van der Waals surface area (Å²) in [7, 11) is 0. The molecule has 0 radical (unpaired) electrons. The molecule has 1 aromatic heterocycles. The molecule has 6 heteroatoms. The van der Waals surface area contributed by atoms with Gasteiger partial charge in [-0.3, -0.25) is 0 Å². The zero-order chi connectivity index (χ0) is 19.5. The van der Waals surface area contributed by atoms with Crippen LogP contribution in [-0.2, 0) is 6.54 Å². The van der Waals surface area contributed by atoms with E-state index in [2.05, 4.69) is 45.2 Å². The largest absolute Gasteiger partial charge is 0.494 e. The van der Waals surface area contributed by atoms with E-state index in [1.54, 1.807) is 0 Å². The second-order valence-corrected chi connectivity index (χ2v) is 7.48. The smallest absolute Gasteiger partial charge is 0.174 e. The molecule has 28 heavy (non-hydrogen) atoms. The van der Waals surface area contributed by atoms with Gasteiger partial charge in [0.2, 0.25) is 0 Å². The van der Waals surface area contributed by atoms with Crippen LogP contribution in [0.3, 0.4) is 0 Å². The Balaban J connectivity index is 1.59. The van der Waals surface area contributed by atoms with Crippen LogP contribution in [0.1, 0.15) is 24.2 Å². The molecule has 4 nitrogen and oxygen atoms in total. The molecule has 0 saturated heterocycles. The third kappa shape index (κ3) is 3.86. The fraction of sp³-hybridized carbons (Fsp3) is 0.227. The van der Waals surface area contributed by atoms with Crippen molar-refractivity contribution in [3.63, 3.8) is 0 Å². The van der Waals surface area contributed by atoms with Gasteiger partial charge in [-0.15, -0.1) is 0 Å². The number of halogens is 1. The van der Waals surface area contributed by atoms with Crippen LogP contribution in [0, 0.1) is 0 Å². The van der Waals surface area contributed by atoms with E-state index in [4.69, 9.17) is 28.6 Å². The Morgan fingerprint density at radius 3 is 2.57 bits per heavy atom. The van der Waals surface area contributed by atoms with Crippen molar-refractivity contribution in [3.8, 4) is 5.75 Å². The normalized spacial score (nSPS) is 15.8. The molecular weight excluding hydrogens is 390 g/mol. The van der Waals surface area contributed by atoms with E-state index < -0.39 is 0 Å². The highest BCUT2D eigenvalue weighted by molar-refractivity contribution is 7.80. The van der Waals surface area contributed by atoms with E-state index in [-0.39, 0.29) is 6.04 Å². The lowest BCUT2D eigenvalue weighted by molar-refractivity contribution is 0.293. The van der Waals surface area contributed by atoms with Crippen molar-refractivity contribution in [2.45, 2.75) is 19.5 Å². The van der Waals surface area contributed by atoms with Gasteiger partial charge in [-0.1, -0.05) is 23.7 Å². The Morgan fingerprint density at radius 2 is 1.86 bits per heavy atom. The number of benzene rings is 2. The zero-order valence-electron chi connectivity index (χ0n) is 15.6. The Kier molecular flexibility index (Phi) is 5.55. The van der Waals surface area contributed by atoms with E-state index in [0.717, 1.165) is 29.5 Å². The van der Waals surface area contributed by atoms with Crippen molar-refractivity contribution < 1.29 is 4.74 Å². The molecule has 1 aliphatic heterocycles. The highest BCUT2D eigenvalue weighted by atomic mass is 35.5. The van der Waals surface area contributed by atoms with Crippen molar-refractivity contribution in [1.29, 1.82) is 0 Å². The molecule has 0 saturated carbocycles. The lowest BCUT2D eigenvalue weighted by Crippen LogP contribution is -2.44. The maximum absolute atomic E-state index is 6.10. The van der Waals surface area contributed by atoms with Crippen molar-refractivity contribution in [3.05, 3.63) is 83.1 Å². The number of nitrogens with zero attached hydrogens (tertiary/aromatic N) is 2. The number of nitrogens with one attached hydrogen (secondary N) is 1. The number of anilines is 1. The van der Waals surface area contributed by atoms with E-state index in [0.29, 0.717) is 11.7 Å². The molecule has 3 aromatic rings. The summed E-state index contributed by atoms with van der Waals surface area (Å²) in [5.41, 5.74) is 3.34. The van der Waals surface area contributed by atoms with Crippen LogP contribution in [0.15, 0.2) is 66.9 Å². The van der Waals surface area contributed by atoms with Gasteiger partial charge in [0.15, 0.2) is 5.11 Å². The standard InChI is InChI=1S/C22H22ClN3OS/c1-2-27-19-11-9-18(10-12-19)24-22(28)26-15-14-25-13-3-4-20(25)21(26)16-5-7-17(23)8-6-16/h3-13,21H,2,14-15H2,1H3,(H,24,28)/t21-/m1/s1. The average molecular weight is 412 g/mol. The Labute approximate surface area is 175 Å². The molecule has 2 heterocycles. The fourth-order valence-corrected chi connectivity index (χ4v) is 4.03. The number of rotatable bonds is 4. The molecule has 0 bridgehead atoms. The number of hydrogen-bond donors (Lipinski definition) is 1. The van der Waals surface area contributed by atoms with E-state index in [1.165, 1.54) is 11.3 Å². The first-order valence-corrected chi connectivity index (χ1v) is 10.2. The van der Waals surface area contributed by atoms with Crippen LogP contribution in [-0.4, -0.2) is 27.7 Å². The number of aromatic nitrogens is 1. The molecule has 1 N–H and O–H groups in total. The molecule has 1 atom stereocenters. The van der Waals surface area contributed by atoms with Crippen molar-refractivity contribution >= 4 is 34.6 Å². The second kappa shape index (κ2) is 8.25. The highest BCUT2D eigenvalue weighted by Gasteiger charge is 2.30. The molecule has 4 rings (SSSR count). The number of fused-ring (bicyclic) bond motifs is 1. The SMILES string of the molecule is CCOc1ccc(NC(=S)N2CCn3cccc3[C@H]2c2ccc(Cl)cc2)cc1. The maximum Gasteiger partial charge on any atom is 0.174 e. The molecular formula is C22H22ClN3OS. The topological polar surface area (TPSA) is 29.4 Å². The zero-order valence-corrected chi connectivity index (χ0v) is 17.2. The van der Waals surface area contributed by atoms with Crippen molar-refractivity contribution in [1.82, 2.24) is 9.47 Å². The molecule has 0 fully saturated rings. The molecule has 144 valence electrons. The summed E-state index contributed by atoms with van der Waals surface area (Å²) in [4.78, 5) is 2.24. The molecule has 0 amide bonds. The number of thiocarbonyl (C=S) groups is 1. The molecule has 1 aliphatic rings. The lowest BCUT2D eigenvalue weighted by Gasteiger charge is -2.39. The van der Waals surface area contributed by atoms with Crippen LogP contribution in [0.25, 0.3) is 0 Å². The first-order valence-electron chi connectivity index (χ1n) is 9.36. The van der Waals surface area contributed by atoms with Gasteiger partial charge < -0.3 is 19.5 Å². The molecule has 0 aliphatic carbocycles. The average Bonchev–Trinajstić information content (AvgIpc) is 3.18. The molecule has 0 unspecified atom stereocenters. The Bertz CT molecular complexity index is 953. The summed E-state index contributed by atoms with van der Waals surface area (Å²) in [5, 5.41) is 4.82. The summed E-state index contributed by atoms with van der Waals surface area (Å²) < 4.78 is 7.80. The summed E-state index contributed by atoms with van der Waals surface area (Å²) in [6.45, 7) is 4.36. The fourth-order valence-electron chi connectivity index (χ4n) is 3.59. The van der Waals surface area contributed by atoms with Gasteiger partial charge in [0.1, 0.15) is 5.75 Å². The minimum Gasteiger partial charge on any atom is -0.494 e. The predicted octanol–water partition coefficient (Wildman–Crippen LogP) is 5.34. The van der Waals surface area contributed by atoms with E-state index in [9.17, 15) is 0 Å². The van der Waals surface area contributed by atoms with Gasteiger partial charge in [-0.25, -0.2) is 0 Å². The van der Waals surface area contributed by atoms with Gasteiger partial charge in [-0.05, 0) is 73.2 Å². The van der Waals surface area contributed by atoms with Gasteiger partial charge in [0.25, 0.3) is 0 Å². The van der Waals surface area contributed by atoms with Crippen LogP contribution in [0.2, 0.25) is 5.02 Å². The third-order valence-electron chi connectivity index (χ3n) is 4.90. The van der Waals surface area contributed by atoms with Crippen LogP contribution >= 0.6 is 23.8 Å². The monoisotopic (exact) mass is 411 g/mol. The first-order chi connectivity index (χ1) is 13.7. The first kappa shape index (κ1) is 18.8. The Hall–Kier alpha value is -2.50. The quantitative estimate of drug-likeness (QED) is 0.586. The molecule has 2 aromatic carbocycles. The number of ether oxygens (including phenoxy) is 1. The predicted molar refractivity (Wildman–Crippen MR) is 118 cm³/mol. The highest BCUT2D eigenvalue weighted by Crippen LogP contribution is 2.33. The minimum atomic E-state index is 0.0451. The summed E-state index contributed by atoms with van der Waals surface area (Å²) >= 11 is 11.9. The second-order valence-electron chi connectivity index (χ2n) is 6.66. The van der Waals surface area contributed by atoms with Crippen LogP contribution < -0.4 is 10.1 Å². The Morgan fingerprint density at radius 1 is 1.11 bits per heavy atom. The van der Waals surface area contributed by atoms with Crippen LogP contribution in [0.4, 0.5) is 5.69 Å². The van der Waals surface area contributed by atoms with Crippen LogP contribution in [0.5, 0.6) is 5.75 Å². The van der Waals surface area contributed by atoms with Gasteiger partial charge in [0.05, 0.1) is 12.6 Å². The maximum atomic E-state index is 6.10. The van der Waals surface area contributed by atoms with Crippen molar-refractivity contribution in [2.75, 3.05) is 18.5 Å². The van der Waals surface area contributed by atoms with Gasteiger partial charge >= 0.3 is 0 Å². The van der Waals surface area contributed by atoms with Gasteiger partial charge in [-0.2, -0.15) is 0 Å². The van der Waals surface area contributed by atoms with E-state index in [1.807, 2.05) is 43.3 Å².